The van der Waals surface area contributed by atoms with E-state index in [0.717, 1.165) is 0 Å². The molecule has 1 heterocycles. The number of fused-ring (bicyclic) bond motifs is 3. The molecule has 0 aromatic heterocycles. The molecule has 1 saturated heterocycles. The average molecular weight is 350 g/mol. The van der Waals surface area contributed by atoms with Crippen molar-refractivity contribution in [3.8, 4) is 0 Å². The second-order valence-electron chi connectivity index (χ2n) is 8.16. The van der Waals surface area contributed by atoms with E-state index in [4.69, 9.17) is 9.47 Å². The van der Waals surface area contributed by atoms with Crippen LogP contribution in [0.2, 0.25) is 0 Å². The van der Waals surface area contributed by atoms with Crippen LogP contribution in [0.5, 0.6) is 0 Å². The summed E-state index contributed by atoms with van der Waals surface area (Å²) in [5.74, 6) is -1.23. The minimum Gasteiger partial charge on any atom is -0.459 e. The van der Waals surface area contributed by atoms with Crippen LogP contribution in [0.4, 0.5) is 0 Å². The zero-order chi connectivity index (χ0) is 18.6. The Morgan fingerprint density at radius 3 is 2.72 bits per heavy atom. The lowest BCUT2D eigenvalue weighted by Gasteiger charge is -2.44. The second-order valence-corrected chi connectivity index (χ2v) is 8.16. The molecule has 2 aliphatic carbocycles. The molecule has 0 spiro atoms. The Bertz CT molecular complexity index is 638. The van der Waals surface area contributed by atoms with Gasteiger partial charge in [-0.15, -0.1) is 0 Å². The quantitative estimate of drug-likeness (QED) is 0.618. The zero-order valence-electron chi connectivity index (χ0n) is 15.0. The minimum absolute atomic E-state index is 0.143. The molecule has 3 rings (SSSR count). The van der Waals surface area contributed by atoms with Gasteiger partial charge in [-0.2, -0.15) is 0 Å². The zero-order valence-corrected chi connectivity index (χ0v) is 15.0. The van der Waals surface area contributed by atoms with Crippen LogP contribution in [0.25, 0.3) is 0 Å². The molecule has 0 radical (unpaired) electrons. The summed E-state index contributed by atoms with van der Waals surface area (Å²) < 4.78 is 11.1. The van der Waals surface area contributed by atoms with Crippen molar-refractivity contribution in [2.75, 3.05) is 0 Å². The maximum atomic E-state index is 12.7. The number of ether oxygens (including phenoxy) is 2. The Labute approximate surface area is 147 Å². The number of carbonyl (C=O) groups is 3. The van der Waals surface area contributed by atoms with Gasteiger partial charge in [-0.1, -0.05) is 20.4 Å². The highest BCUT2D eigenvalue weighted by atomic mass is 16.6. The number of carbonyl (C=O) groups excluding carboxylic acids is 3. The van der Waals surface area contributed by atoms with Gasteiger partial charge in [0.15, 0.2) is 0 Å². The van der Waals surface area contributed by atoms with E-state index >= 15 is 0 Å². The second kappa shape index (κ2) is 5.94. The third-order valence-electron chi connectivity index (χ3n) is 6.21. The van der Waals surface area contributed by atoms with Crippen LogP contribution in [-0.4, -0.2) is 40.6 Å². The van der Waals surface area contributed by atoms with Gasteiger partial charge in [0.2, 0.25) is 0 Å². The summed E-state index contributed by atoms with van der Waals surface area (Å²) in [7, 11) is 0. The van der Waals surface area contributed by atoms with Crippen molar-refractivity contribution >= 4 is 17.7 Å². The Morgan fingerprint density at radius 2 is 2.08 bits per heavy atom. The van der Waals surface area contributed by atoms with Gasteiger partial charge in [-0.25, -0.2) is 4.79 Å². The molecule has 6 heteroatoms. The van der Waals surface area contributed by atoms with Gasteiger partial charge in [-0.05, 0) is 32.1 Å². The normalized spacial score (nSPS) is 40.5. The van der Waals surface area contributed by atoms with Gasteiger partial charge in [0.1, 0.15) is 23.6 Å². The van der Waals surface area contributed by atoms with E-state index in [1.54, 1.807) is 6.92 Å². The highest BCUT2D eigenvalue weighted by molar-refractivity contribution is 5.95. The fraction of sp³-hybridized carbons (Fsp3) is 0.737. The Morgan fingerprint density at radius 1 is 1.40 bits per heavy atom. The van der Waals surface area contributed by atoms with E-state index in [1.807, 2.05) is 13.8 Å². The SMILES string of the molecule is C=C1C(=O)O[C@@H]2[C@H]1CC[C@H](OC(=O)CC(C)C)[C@]1(O)CCC(=O)[C@@]21C. The molecule has 3 fully saturated rings. The Kier molecular flexibility index (Phi) is 4.30. The molecule has 138 valence electrons. The molecule has 2 saturated carbocycles. The summed E-state index contributed by atoms with van der Waals surface area (Å²) in [5, 5.41) is 11.5. The summed E-state index contributed by atoms with van der Waals surface area (Å²) >= 11 is 0. The van der Waals surface area contributed by atoms with E-state index in [-0.39, 0.29) is 42.9 Å². The fourth-order valence-corrected chi connectivity index (χ4v) is 4.68. The van der Waals surface area contributed by atoms with Crippen LogP contribution in [0.15, 0.2) is 12.2 Å². The van der Waals surface area contributed by atoms with Crippen molar-refractivity contribution in [1.29, 1.82) is 0 Å². The van der Waals surface area contributed by atoms with Crippen LogP contribution in [0.3, 0.4) is 0 Å². The molecule has 5 atom stereocenters. The number of esters is 2. The third-order valence-corrected chi connectivity index (χ3v) is 6.21. The molecule has 0 unspecified atom stereocenters. The van der Waals surface area contributed by atoms with Crippen LogP contribution < -0.4 is 0 Å². The minimum atomic E-state index is -1.53. The Hall–Kier alpha value is -1.69. The molecule has 0 aromatic rings. The number of Topliss-reactive ketones (excluding diaryl/α,β-unsaturated/α-hetero) is 1. The summed E-state index contributed by atoms with van der Waals surface area (Å²) in [6.45, 7) is 9.28. The lowest BCUT2D eigenvalue weighted by atomic mass is 9.67. The van der Waals surface area contributed by atoms with Gasteiger partial charge in [0.25, 0.3) is 0 Å². The third kappa shape index (κ3) is 2.53. The maximum Gasteiger partial charge on any atom is 0.334 e. The number of hydrogen-bond acceptors (Lipinski definition) is 6. The van der Waals surface area contributed by atoms with Crippen molar-refractivity contribution in [1.82, 2.24) is 0 Å². The van der Waals surface area contributed by atoms with Crippen molar-refractivity contribution in [3.63, 3.8) is 0 Å². The topological polar surface area (TPSA) is 89.9 Å². The molecule has 0 amide bonds. The van der Waals surface area contributed by atoms with Crippen LogP contribution in [-0.2, 0) is 23.9 Å². The number of hydrogen-bond donors (Lipinski definition) is 1. The molecule has 0 bridgehead atoms. The van der Waals surface area contributed by atoms with Gasteiger partial charge in [0.05, 0.1) is 5.41 Å². The molecular weight excluding hydrogens is 324 g/mol. The van der Waals surface area contributed by atoms with Crippen molar-refractivity contribution < 1.29 is 29.0 Å². The molecule has 0 aromatic carbocycles. The van der Waals surface area contributed by atoms with Gasteiger partial charge < -0.3 is 14.6 Å². The standard InChI is InChI=1S/C19H26O6/c1-10(2)9-15(21)24-14-6-5-12-11(3)17(22)25-16(12)18(4)13(20)7-8-19(14,18)23/h10,12,14,16,23H,3,5-9H2,1-2,4H3/t12-,14-,16+,18-,19+/m0/s1. The first-order chi connectivity index (χ1) is 11.6. The van der Waals surface area contributed by atoms with Gasteiger partial charge in [-0.3, -0.25) is 9.59 Å². The van der Waals surface area contributed by atoms with E-state index < -0.39 is 29.2 Å². The monoisotopic (exact) mass is 350 g/mol. The van der Waals surface area contributed by atoms with Crippen molar-refractivity contribution in [3.05, 3.63) is 12.2 Å². The highest BCUT2D eigenvalue weighted by Crippen LogP contribution is 2.57. The molecule has 3 aliphatic rings. The maximum absolute atomic E-state index is 12.7. The van der Waals surface area contributed by atoms with Gasteiger partial charge in [0, 0.05) is 24.3 Å². The van der Waals surface area contributed by atoms with Crippen LogP contribution in [0.1, 0.15) is 52.9 Å². The first-order valence-corrected chi connectivity index (χ1v) is 8.96. The summed E-state index contributed by atoms with van der Waals surface area (Å²) in [4.78, 5) is 36.9. The number of rotatable bonds is 3. The first-order valence-electron chi connectivity index (χ1n) is 8.96. The number of ketones is 1. The Balaban J connectivity index is 1.97. The molecule has 1 aliphatic heterocycles. The molecule has 6 nitrogen and oxygen atoms in total. The van der Waals surface area contributed by atoms with E-state index in [0.29, 0.717) is 18.4 Å². The lowest BCUT2D eigenvalue weighted by molar-refractivity contribution is -0.197. The predicted octanol–water partition coefficient (Wildman–Crippen LogP) is 1.94. The lowest BCUT2D eigenvalue weighted by Crippen LogP contribution is -2.59. The molecular formula is C19H26O6. The highest BCUT2D eigenvalue weighted by Gasteiger charge is 2.70. The van der Waals surface area contributed by atoms with Crippen LogP contribution >= 0.6 is 0 Å². The van der Waals surface area contributed by atoms with E-state index in [1.165, 1.54) is 0 Å². The van der Waals surface area contributed by atoms with E-state index in [2.05, 4.69) is 6.58 Å². The largest absolute Gasteiger partial charge is 0.459 e. The number of aliphatic hydroxyl groups is 1. The average Bonchev–Trinajstić information content (AvgIpc) is 2.91. The van der Waals surface area contributed by atoms with Crippen molar-refractivity contribution in [2.45, 2.75) is 70.7 Å². The predicted molar refractivity (Wildman–Crippen MR) is 88.4 cm³/mol. The fourth-order valence-electron chi connectivity index (χ4n) is 4.68. The van der Waals surface area contributed by atoms with E-state index in [9.17, 15) is 19.5 Å². The summed E-state index contributed by atoms with van der Waals surface area (Å²) in [5.41, 5.74) is -2.48. The summed E-state index contributed by atoms with van der Waals surface area (Å²) in [6.07, 6.45) is -0.0341. The van der Waals surface area contributed by atoms with Crippen LogP contribution in [0, 0.1) is 17.3 Å². The smallest absolute Gasteiger partial charge is 0.334 e. The van der Waals surface area contributed by atoms with Crippen molar-refractivity contribution in [2.24, 2.45) is 17.3 Å². The molecule has 1 N–H and O–H groups in total. The van der Waals surface area contributed by atoms with Gasteiger partial charge >= 0.3 is 11.9 Å². The summed E-state index contributed by atoms with van der Waals surface area (Å²) in [6, 6.07) is 0. The molecule has 25 heavy (non-hydrogen) atoms. The first kappa shape index (κ1) is 18.1.